The average Bonchev–Trinajstić information content (AvgIpc) is 3.27. The maximum Gasteiger partial charge on any atom is -0.00231 e. The first-order valence-electron chi connectivity index (χ1n) is 24.4. The maximum absolute atomic E-state index is 2.43. The predicted molar refractivity (Wildman–Crippen MR) is 285 cm³/mol. The van der Waals surface area contributed by atoms with Gasteiger partial charge in [-0.2, -0.15) is 0 Å². The second-order valence-electron chi connectivity index (χ2n) is 19.8. The van der Waals surface area contributed by atoms with Crippen LogP contribution in [0.4, 0.5) is 0 Å². The molecule has 0 heterocycles. The third kappa shape index (κ3) is 20.0. The molecule has 0 radical (unpaired) electrons. The van der Waals surface area contributed by atoms with E-state index in [0.29, 0.717) is 0 Å². The first-order chi connectivity index (χ1) is 30.1. The second-order valence-corrected chi connectivity index (χ2v) is 19.8. The van der Waals surface area contributed by atoms with E-state index < -0.39 is 0 Å². The Labute approximate surface area is 394 Å². The Morgan fingerprint density at radius 2 is 0.719 bits per heavy atom. The van der Waals surface area contributed by atoms with E-state index in [1.54, 1.807) is 6.42 Å². The minimum Gasteiger partial charge on any atom is -0.0776 e. The van der Waals surface area contributed by atoms with Crippen LogP contribution in [0.2, 0.25) is 0 Å². The van der Waals surface area contributed by atoms with Crippen LogP contribution in [0.1, 0.15) is 157 Å². The van der Waals surface area contributed by atoms with E-state index in [-0.39, 0.29) is 7.43 Å². The lowest BCUT2D eigenvalue weighted by Crippen LogP contribution is -2.19. The predicted octanol–water partition coefficient (Wildman–Crippen LogP) is 18.7. The van der Waals surface area contributed by atoms with Gasteiger partial charge in [0, 0.05) is 0 Å². The Morgan fingerprint density at radius 3 is 1.09 bits per heavy atom. The van der Waals surface area contributed by atoms with Crippen LogP contribution < -0.4 is 0 Å². The van der Waals surface area contributed by atoms with E-state index in [9.17, 15) is 0 Å². The molecule has 2 aliphatic rings. The molecule has 0 N–H and O–H groups in total. The molecule has 2 saturated carbocycles. The minimum absolute atomic E-state index is 0. The molecule has 0 amide bonds. The van der Waals surface area contributed by atoms with E-state index in [1.165, 1.54) is 129 Å². The fraction of sp³-hybridized carbons (Fsp3) is 0.438. The molecule has 0 nitrogen and oxygen atoms in total. The number of benzene rings is 6. The van der Waals surface area contributed by atoms with E-state index in [2.05, 4.69) is 217 Å². The summed E-state index contributed by atoms with van der Waals surface area (Å²) in [4.78, 5) is 0. The Bertz CT molecular complexity index is 2080. The monoisotopic (exact) mass is 857 g/mol. The Balaban J connectivity index is 0.000000216. The van der Waals surface area contributed by atoms with Gasteiger partial charge in [-0.15, -0.1) is 0 Å². The summed E-state index contributed by atoms with van der Waals surface area (Å²) in [5.74, 6) is 4.24. The molecule has 0 aromatic heterocycles. The van der Waals surface area contributed by atoms with Crippen molar-refractivity contribution in [3.8, 4) is 0 Å². The smallest absolute Gasteiger partial charge is 0.00231 e. The summed E-state index contributed by atoms with van der Waals surface area (Å²) in [6.07, 6.45) is 15.8. The zero-order valence-corrected chi connectivity index (χ0v) is 41.8. The lowest BCUT2D eigenvalue weighted by molar-refractivity contribution is 0.201. The van der Waals surface area contributed by atoms with Crippen LogP contribution in [0.3, 0.4) is 0 Å². The van der Waals surface area contributed by atoms with Crippen molar-refractivity contribution in [1.29, 1.82) is 0 Å². The van der Waals surface area contributed by atoms with Crippen LogP contribution >= 0.6 is 0 Å². The fourth-order valence-electron chi connectivity index (χ4n) is 8.77. The standard InChI is InChI=1S/C15H28.2C15H16.2C9H12.CH4/c2*1-12-3-7-14(8-4-12)11-15-9-5-13(2)6-10-15;1-12-7-9-14(10-8-12)11-15-6-4-3-5-13(15)2;1-7-4-5-8(2)9(3)6-7;1-7-5-4-6-8(2)9(7)3;/h12-15H,3-11H2,1-2H3;2*3-10H,11H2,1-2H3;2*4-6H,1-3H3;1H4. The SMILES string of the molecule is C.CC1CCC(CC2CCC(C)CC2)CC1.Cc1ccc(C)c(C)c1.Cc1ccc(Cc2ccc(C)cc2)cc1.Cc1ccc(Cc2ccccc2C)cc1.Cc1cccc(C)c1C. The Morgan fingerprint density at radius 1 is 0.344 bits per heavy atom. The molecule has 0 aliphatic heterocycles. The zero-order valence-electron chi connectivity index (χ0n) is 41.8. The molecule has 0 saturated heterocycles. The molecule has 64 heavy (non-hydrogen) atoms. The molecule has 0 bridgehead atoms. The van der Waals surface area contributed by atoms with Gasteiger partial charge >= 0.3 is 0 Å². The van der Waals surface area contributed by atoms with Gasteiger partial charge in [0.1, 0.15) is 0 Å². The molecule has 2 fully saturated rings. The third-order valence-electron chi connectivity index (χ3n) is 13.9. The second kappa shape index (κ2) is 28.3. The summed E-state index contributed by atoms with van der Waals surface area (Å²) >= 11 is 0. The quantitative estimate of drug-likeness (QED) is 0.157. The molecule has 8 rings (SSSR count). The number of aryl methyl sites for hydroxylation is 9. The molecule has 344 valence electrons. The summed E-state index contributed by atoms with van der Waals surface area (Å²) in [5.41, 5.74) is 19.2. The van der Waals surface area contributed by atoms with Gasteiger partial charge in [-0.3, -0.25) is 0 Å². The minimum atomic E-state index is 0. The molecule has 2 aliphatic carbocycles. The summed E-state index contributed by atoms with van der Waals surface area (Å²) in [7, 11) is 0. The van der Waals surface area contributed by atoms with Gasteiger partial charge in [0.25, 0.3) is 0 Å². The highest BCUT2D eigenvalue weighted by atomic mass is 14.3. The van der Waals surface area contributed by atoms with Crippen LogP contribution in [0.5, 0.6) is 0 Å². The molecule has 0 spiro atoms. The van der Waals surface area contributed by atoms with Gasteiger partial charge in [0.15, 0.2) is 0 Å². The number of rotatable bonds is 6. The zero-order chi connectivity index (χ0) is 45.7. The van der Waals surface area contributed by atoms with Crippen LogP contribution in [0.15, 0.2) is 133 Å². The molecule has 6 aromatic rings. The third-order valence-corrected chi connectivity index (χ3v) is 13.9. The average molecular weight is 857 g/mol. The lowest BCUT2D eigenvalue weighted by atomic mass is 9.74. The summed E-state index contributed by atoms with van der Waals surface area (Å²) in [5, 5.41) is 0. The van der Waals surface area contributed by atoms with Crippen LogP contribution in [-0.2, 0) is 12.8 Å². The van der Waals surface area contributed by atoms with Crippen molar-refractivity contribution in [2.75, 3.05) is 0 Å². The van der Waals surface area contributed by atoms with Crippen molar-refractivity contribution in [3.63, 3.8) is 0 Å². The van der Waals surface area contributed by atoms with E-state index >= 15 is 0 Å². The molecule has 0 heteroatoms. The van der Waals surface area contributed by atoms with Gasteiger partial charge in [0.05, 0.1) is 0 Å². The lowest BCUT2D eigenvalue weighted by Gasteiger charge is -2.32. The Kier molecular flexibility index (Phi) is 23.7. The van der Waals surface area contributed by atoms with Crippen molar-refractivity contribution in [2.45, 2.75) is 161 Å². The summed E-state index contributed by atoms with van der Waals surface area (Å²) < 4.78 is 0. The van der Waals surface area contributed by atoms with Crippen molar-refractivity contribution in [1.82, 2.24) is 0 Å². The van der Waals surface area contributed by atoms with Crippen LogP contribution in [0, 0.1) is 92.9 Å². The van der Waals surface area contributed by atoms with E-state index in [4.69, 9.17) is 0 Å². The first kappa shape index (κ1) is 53.7. The highest BCUT2D eigenvalue weighted by molar-refractivity contribution is 5.34. The van der Waals surface area contributed by atoms with E-state index in [0.717, 1.165) is 36.5 Å². The Hall–Kier alpha value is -4.68. The van der Waals surface area contributed by atoms with Gasteiger partial charge < -0.3 is 0 Å². The first-order valence-corrected chi connectivity index (χ1v) is 24.4. The van der Waals surface area contributed by atoms with E-state index in [1.807, 2.05) is 0 Å². The fourth-order valence-corrected chi connectivity index (χ4v) is 8.77. The van der Waals surface area contributed by atoms with Crippen molar-refractivity contribution >= 4 is 0 Å². The summed E-state index contributed by atoms with van der Waals surface area (Å²) in [6.45, 7) is 26.2. The van der Waals surface area contributed by atoms with Crippen molar-refractivity contribution in [2.24, 2.45) is 23.7 Å². The highest BCUT2D eigenvalue weighted by Gasteiger charge is 2.24. The van der Waals surface area contributed by atoms with Gasteiger partial charge in [-0.1, -0.05) is 228 Å². The normalized spacial score (nSPS) is 17.6. The maximum atomic E-state index is 2.43. The highest BCUT2D eigenvalue weighted by Crippen LogP contribution is 2.38. The van der Waals surface area contributed by atoms with Crippen LogP contribution in [0.25, 0.3) is 0 Å². The number of hydrogen-bond acceptors (Lipinski definition) is 0. The number of hydrogen-bond donors (Lipinski definition) is 0. The van der Waals surface area contributed by atoms with Gasteiger partial charge in [-0.05, 0) is 168 Å². The van der Waals surface area contributed by atoms with Crippen LogP contribution in [-0.4, -0.2) is 0 Å². The largest absolute Gasteiger partial charge is 0.0776 e. The van der Waals surface area contributed by atoms with Gasteiger partial charge in [-0.25, -0.2) is 0 Å². The van der Waals surface area contributed by atoms with Gasteiger partial charge in [0.2, 0.25) is 0 Å². The molecular weight excluding hydrogens is 769 g/mol. The topological polar surface area (TPSA) is 0 Å². The molecular formula is C64H88. The molecule has 0 unspecified atom stereocenters. The summed E-state index contributed by atoms with van der Waals surface area (Å²) in [6, 6.07) is 47.7. The van der Waals surface area contributed by atoms with Crippen molar-refractivity contribution < 1.29 is 0 Å². The molecule has 6 aromatic carbocycles. The van der Waals surface area contributed by atoms with Crippen molar-refractivity contribution in [3.05, 3.63) is 211 Å². The molecule has 0 atom stereocenters.